The van der Waals surface area contributed by atoms with E-state index >= 15 is 0 Å². The van der Waals surface area contributed by atoms with Crippen molar-refractivity contribution in [1.29, 1.82) is 0 Å². The summed E-state index contributed by atoms with van der Waals surface area (Å²) >= 11 is 0. The van der Waals surface area contributed by atoms with Crippen molar-refractivity contribution >= 4 is 11.8 Å². The summed E-state index contributed by atoms with van der Waals surface area (Å²) < 4.78 is 0. The van der Waals surface area contributed by atoms with Gasteiger partial charge in [-0.1, -0.05) is 11.6 Å². The molecule has 0 spiro atoms. The van der Waals surface area contributed by atoms with Crippen molar-refractivity contribution in [3.8, 4) is 0 Å². The van der Waals surface area contributed by atoms with Crippen LogP contribution in [0.3, 0.4) is 0 Å². The van der Waals surface area contributed by atoms with Crippen LogP contribution in [0.4, 0.5) is 0 Å². The molecular weight excluding hydrogens is 168 g/mol. The van der Waals surface area contributed by atoms with Gasteiger partial charge in [-0.15, -0.1) is 0 Å². The van der Waals surface area contributed by atoms with E-state index in [-0.39, 0.29) is 5.91 Å². The first kappa shape index (κ1) is 11.7. The minimum Gasteiger partial charge on any atom is -0.368 e. The molecule has 0 bridgehead atoms. The van der Waals surface area contributed by atoms with Crippen molar-refractivity contribution in [1.82, 2.24) is 5.32 Å². The molecule has 1 atom stereocenters. The summed E-state index contributed by atoms with van der Waals surface area (Å²) in [5.74, 6) is -0.751. The maximum atomic E-state index is 10.8. The van der Waals surface area contributed by atoms with Crippen LogP contribution in [0.25, 0.3) is 0 Å². The van der Waals surface area contributed by atoms with Gasteiger partial charge in [0.2, 0.25) is 11.8 Å². The number of nitrogens with two attached hydrogens (primary N) is 1. The summed E-state index contributed by atoms with van der Waals surface area (Å²) in [5.41, 5.74) is 6.18. The van der Waals surface area contributed by atoms with Crippen LogP contribution < -0.4 is 11.1 Å². The molecule has 0 fully saturated rings. The number of rotatable bonds is 4. The van der Waals surface area contributed by atoms with E-state index in [1.165, 1.54) is 6.92 Å². The van der Waals surface area contributed by atoms with E-state index in [0.717, 1.165) is 5.57 Å². The minimum atomic E-state index is -0.590. The molecular formula is C9H16N2O2. The second-order valence-electron chi connectivity index (χ2n) is 3.17. The number of amides is 2. The molecule has 0 saturated heterocycles. The number of carbonyl (C=O) groups is 2. The van der Waals surface area contributed by atoms with Crippen molar-refractivity contribution < 1.29 is 9.59 Å². The van der Waals surface area contributed by atoms with E-state index in [2.05, 4.69) is 5.32 Å². The Balaban J connectivity index is 4.19. The molecule has 4 heteroatoms. The number of nitrogens with one attached hydrogen (secondary N) is 1. The maximum absolute atomic E-state index is 10.8. The van der Waals surface area contributed by atoms with Crippen LogP contribution in [-0.2, 0) is 9.59 Å². The first-order valence-electron chi connectivity index (χ1n) is 4.13. The maximum Gasteiger partial charge on any atom is 0.240 e. The fourth-order valence-corrected chi connectivity index (χ4v) is 0.845. The average Bonchev–Trinajstić information content (AvgIpc) is 1.96. The molecule has 74 valence electrons. The molecule has 0 saturated carbocycles. The lowest BCUT2D eigenvalue weighted by Crippen LogP contribution is -2.43. The standard InChI is InChI=1S/C9H16N2O2/c1-6(2)4-5-8(9(10)13)11-7(3)12/h4,8H,5H2,1-3H3,(H2,10,13)(H,11,12)/t8-/m1/s1. The quantitative estimate of drug-likeness (QED) is 0.618. The van der Waals surface area contributed by atoms with Crippen molar-refractivity contribution in [3.05, 3.63) is 11.6 Å². The topological polar surface area (TPSA) is 72.2 Å². The van der Waals surface area contributed by atoms with Crippen molar-refractivity contribution in [3.63, 3.8) is 0 Å². The molecule has 0 aliphatic heterocycles. The zero-order valence-electron chi connectivity index (χ0n) is 8.26. The highest BCUT2D eigenvalue weighted by Crippen LogP contribution is 1.98. The molecule has 0 heterocycles. The van der Waals surface area contributed by atoms with Gasteiger partial charge >= 0.3 is 0 Å². The number of allylic oxidation sites excluding steroid dienone is 1. The zero-order valence-corrected chi connectivity index (χ0v) is 8.26. The summed E-state index contributed by atoms with van der Waals surface area (Å²) in [6.45, 7) is 5.20. The third-order valence-electron chi connectivity index (χ3n) is 1.48. The summed E-state index contributed by atoms with van der Waals surface area (Å²) in [4.78, 5) is 21.5. The van der Waals surface area contributed by atoms with Crippen molar-refractivity contribution in [2.75, 3.05) is 0 Å². The Bertz CT molecular complexity index is 230. The zero-order chi connectivity index (χ0) is 10.4. The van der Waals surface area contributed by atoms with Gasteiger partial charge in [0.1, 0.15) is 6.04 Å². The molecule has 0 unspecified atom stereocenters. The number of primary amides is 1. The van der Waals surface area contributed by atoms with E-state index in [1.807, 2.05) is 19.9 Å². The van der Waals surface area contributed by atoms with E-state index in [9.17, 15) is 9.59 Å². The Kier molecular flexibility index (Phi) is 4.80. The lowest BCUT2D eigenvalue weighted by Gasteiger charge is -2.11. The van der Waals surface area contributed by atoms with Crippen LogP contribution in [0.5, 0.6) is 0 Å². The van der Waals surface area contributed by atoms with Gasteiger partial charge in [0, 0.05) is 6.92 Å². The molecule has 13 heavy (non-hydrogen) atoms. The lowest BCUT2D eigenvalue weighted by atomic mass is 10.1. The molecule has 0 aliphatic rings. The number of carbonyl (C=O) groups excluding carboxylic acids is 2. The molecule has 0 aliphatic carbocycles. The van der Waals surface area contributed by atoms with Gasteiger partial charge in [0.25, 0.3) is 0 Å². The second kappa shape index (κ2) is 5.35. The van der Waals surface area contributed by atoms with Crippen LogP contribution >= 0.6 is 0 Å². The predicted octanol–water partition coefficient (Wildman–Crippen LogP) is 0.333. The van der Waals surface area contributed by atoms with Crippen LogP contribution in [0.2, 0.25) is 0 Å². The minimum absolute atomic E-state index is 0.244. The largest absolute Gasteiger partial charge is 0.368 e. The molecule has 0 radical (unpaired) electrons. The first-order valence-corrected chi connectivity index (χ1v) is 4.13. The van der Waals surface area contributed by atoms with Gasteiger partial charge < -0.3 is 11.1 Å². The molecule has 3 N–H and O–H groups in total. The summed E-state index contributed by atoms with van der Waals surface area (Å²) in [7, 11) is 0. The summed E-state index contributed by atoms with van der Waals surface area (Å²) in [5, 5.41) is 2.48. The Morgan fingerprint density at radius 1 is 1.38 bits per heavy atom. The predicted molar refractivity (Wildman–Crippen MR) is 50.8 cm³/mol. The van der Waals surface area contributed by atoms with Gasteiger partial charge in [-0.2, -0.15) is 0 Å². The summed E-state index contributed by atoms with van der Waals surface area (Å²) in [6.07, 6.45) is 2.32. The third kappa shape index (κ3) is 5.90. The van der Waals surface area contributed by atoms with Crippen LogP contribution in [0.15, 0.2) is 11.6 Å². The normalized spacial score (nSPS) is 11.6. The molecule has 0 rings (SSSR count). The third-order valence-corrected chi connectivity index (χ3v) is 1.48. The van der Waals surface area contributed by atoms with E-state index < -0.39 is 11.9 Å². The summed E-state index contributed by atoms with van der Waals surface area (Å²) in [6, 6.07) is -0.590. The highest BCUT2D eigenvalue weighted by atomic mass is 16.2. The monoisotopic (exact) mass is 184 g/mol. The van der Waals surface area contributed by atoms with Gasteiger partial charge in [-0.05, 0) is 20.3 Å². The molecule has 0 aromatic heterocycles. The fourth-order valence-electron chi connectivity index (χ4n) is 0.845. The van der Waals surface area contributed by atoms with Gasteiger partial charge in [0.05, 0.1) is 0 Å². The van der Waals surface area contributed by atoms with Crippen molar-refractivity contribution in [2.24, 2.45) is 5.73 Å². The first-order chi connectivity index (χ1) is 5.93. The second-order valence-corrected chi connectivity index (χ2v) is 3.17. The highest BCUT2D eigenvalue weighted by molar-refractivity contribution is 5.85. The van der Waals surface area contributed by atoms with Crippen LogP contribution in [0.1, 0.15) is 27.2 Å². The van der Waals surface area contributed by atoms with E-state index in [0.29, 0.717) is 6.42 Å². The smallest absolute Gasteiger partial charge is 0.240 e. The molecule has 4 nitrogen and oxygen atoms in total. The Labute approximate surface area is 78.2 Å². The lowest BCUT2D eigenvalue weighted by molar-refractivity contribution is -0.126. The SMILES string of the molecule is CC(=O)N[C@H](CC=C(C)C)C(N)=O. The Morgan fingerprint density at radius 2 is 1.92 bits per heavy atom. The van der Waals surface area contributed by atoms with Gasteiger partial charge in [-0.25, -0.2) is 0 Å². The van der Waals surface area contributed by atoms with E-state index in [4.69, 9.17) is 5.73 Å². The van der Waals surface area contributed by atoms with Crippen LogP contribution in [-0.4, -0.2) is 17.9 Å². The van der Waals surface area contributed by atoms with Gasteiger partial charge in [0.15, 0.2) is 0 Å². The van der Waals surface area contributed by atoms with Crippen LogP contribution in [0, 0.1) is 0 Å². The Morgan fingerprint density at radius 3 is 2.23 bits per heavy atom. The highest BCUT2D eigenvalue weighted by Gasteiger charge is 2.13. The molecule has 2 amide bonds. The Hall–Kier alpha value is -1.32. The number of hydrogen-bond donors (Lipinski definition) is 2. The molecule has 0 aromatic rings. The average molecular weight is 184 g/mol. The van der Waals surface area contributed by atoms with Crippen molar-refractivity contribution in [2.45, 2.75) is 33.2 Å². The van der Waals surface area contributed by atoms with Gasteiger partial charge in [-0.3, -0.25) is 9.59 Å². The number of hydrogen-bond acceptors (Lipinski definition) is 2. The fraction of sp³-hybridized carbons (Fsp3) is 0.556. The molecule has 0 aromatic carbocycles. The van der Waals surface area contributed by atoms with E-state index in [1.54, 1.807) is 0 Å².